The second kappa shape index (κ2) is 7.10. The van der Waals surface area contributed by atoms with Gasteiger partial charge in [0.2, 0.25) is 0 Å². The average Bonchev–Trinajstić information content (AvgIpc) is 2.47. The summed E-state index contributed by atoms with van der Waals surface area (Å²) in [5, 5.41) is 8.78. The quantitative estimate of drug-likeness (QED) is 0.839. The third kappa shape index (κ3) is 4.38. The summed E-state index contributed by atoms with van der Waals surface area (Å²) in [6.45, 7) is 2.36. The molecule has 4 nitrogen and oxygen atoms in total. The summed E-state index contributed by atoms with van der Waals surface area (Å²) in [7, 11) is 0. The standard InChI is InChI=1S/C16H20O4/c1-12(16(17)18)5-6-13-7-9-14(10-8-13)20-15-4-2-3-11-19-15/h5,7-10,15H,2-4,6,11H2,1H3,(H,17,18). The Bertz CT molecular complexity index is 470. The minimum atomic E-state index is -0.876. The first-order chi connectivity index (χ1) is 9.65. The third-order valence-electron chi connectivity index (χ3n) is 3.31. The van der Waals surface area contributed by atoms with E-state index in [4.69, 9.17) is 14.6 Å². The fourth-order valence-corrected chi connectivity index (χ4v) is 2.02. The number of aliphatic carboxylic acids is 1. The van der Waals surface area contributed by atoms with Crippen molar-refractivity contribution in [3.8, 4) is 5.75 Å². The Morgan fingerprint density at radius 2 is 2.15 bits per heavy atom. The molecule has 1 N–H and O–H groups in total. The molecule has 1 aliphatic heterocycles. The van der Waals surface area contributed by atoms with Crippen LogP contribution in [0, 0.1) is 0 Å². The molecule has 0 radical (unpaired) electrons. The average molecular weight is 276 g/mol. The van der Waals surface area contributed by atoms with E-state index in [0.29, 0.717) is 12.0 Å². The Balaban J connectivity index is 1.89. The summed E-state index contributed by atoms with van der Waals surface area (Å²) in [5.74, 6) is -0.0843. The summed E-state index contributed by atoms with van der Waals surface area (Å²) in [4.78, 5) is 10.7. The summed E-state index contributed by atoms with van der Waals surface area (Å²) >= 11 is 0. The van der Waals surface area contributed by atoms with E-state index in [-0.39, 0.29) is 6.29 Å². The molecular formula is C16H20O4. The van der Waals surface area contributed by atoms with Crippen LogP contribution < -0.4 is 4.74 Å². The van der Waals surface area contributed by atoms with Gasteiger partial charge in [0.15, 0.2) is 6.29 Å². The SMILES string of the molecule is CC(=CCc1ccc(OC2CCCCO2)cc1)C(=O)O. The number of hydrogen-bond acceptors (Lipinski definition) is 3. The lowest BCUT2D eigenvalue weighted by atomic mass is 10.1. The van der Waals surface area contributed by atoms with Crippen LogP contribution in [0.2, 0.25) is 0 Å². The van der Waals surface area contributed by atoms with Crippen LogP contribution in [0.25, 0.3) is 0 Å². The van der Waals surface area contributed by atoms with E-state index in [2.05, 4.69) is 0 Å². The van der Waals surface area contributed by atoms with Gasteiger partial charge in [0, 0.05) is 12.0 Å². The molecule has 0 saturated carbocycles. The van der Waals surface area contributed by atoms with Crippen molar-refractivity contribution in [2.75, 3.05) is 6.61 Å². The number of ether oxygens (including phenoxy) is 2. The minimum absolute atomic E-state index is 0.135. The minimum Gasteiger partial charge on any atom is -0.478 e. The second-order valence-corrected chi connectivity index (χ2v) is 4.95. The van der Waals surface area contributed by atoms with Gasteiger partial charge in [0.05, 0.1) is 6.61 Å². The number of hydrogen-bond donors (Lipinski definition) is 1. The predicted molar refractivity (Wildman–Crippen MR) is 75.8 cm³/mol. The first-order valence-electron chi connectivity index (χ1n) is 6.92. The molecule has 0 aliphatic carbocycles. The maximum Gasteiger partial charge on any atom is 0.330 e. The van der Waals surface area contributed by atoms with Gasteiger partial charge in [-0.05, 0) is 43.9 Å². The summed E-state index contributed by atoms with van der Waals surface area (Å²) in [6, 6.07) is 7.70. The van der Waals surface area contributed by atoms with Gasteiger partial charge in [0.1, 0.15) is 5.75 Å². The fourth-order valence-electron chi connectivity index (χ4n) is 2.02. The molecule has 0 aromatic heterocycles. The van der Waals surface area contributed by atoms with Crippen LogP contribution in [0.4, 0.5) is 0 Å². The van der Waals surface area contributed by atoms with Crippen molar-refractivity contribution in [2.45, 2.75) is 38.9 Å². The highest BCUT2D eigenvalue weighted by Gasteiger charge is 2.14. The van der Waals surface area contributed by atoms with Crippen molar-refractivity contribution in [1.29, 1.82) is 0 Å². The van der Waals surface area contributed by atoms with Crippen LogP contribution in [-0.2, 0) is 16.0 Å². The molecule has 1 aromatic carbocycles. The zero-order valence-corrected chi connectivity index (χ0v) is 11.7. The van der Waals surface area contributed by atoms with Gasteiger partial charge in [-0.25, -0.2) is 4.79 Å². The number of carbonyl (C=O) groups is 1. The molecule has 0 spiro atoms. The van der Waals surface area contributed by atoms with Gasteiger partial charge < -0.3 is 14.6 Å². The normalized spacial score (nSPS) is 19.6. The van der Waals surface area contributed by atoms with Crippen molar-refractivity contribution in [2.24, 2.45) is 0 Å². The molecule has 108 valence electrons. The lowest BCUT2D eigenvalue weighted by Gasteiger charge is -2.23. The highest BCUT2D eigenvalue weighted by atomic mass is 16.7. The van der Waals surface area contributed by atoms with Crippen molar-refractivity contribution >= 4 is 5.97 Å². The lowest BCUT2D eigenvalue weighted by molar-refractivity contribution is -0.132. The summed E-state index contributed by atoms with van der Waals surface area (Å²) in [5.41, 5.74) is 1.42. The maximum absolute atomic E-state index is 10.7. The molecule has 4 heteroatoms. The molecule has 0 bridgehead atoms. The number of carboxylic acids is 1. The molecular weight excluding hydrogens is 256 g/mol. The van der Waals surface area contributed by atoms with Crippen molar-refractivity contribution in [1.82, 2.24) is 0 Å². The molecule has 20 heavy (non-hydrogen) atoms. The Kier molecular flexibility index (Phi) is 5.18. The van der Waals surface area contributed by atoms with Crippen LogP contribution in [0.5, 0.6) is 5.75 Å². The van der Waals surface area contributed by atoms with Crippen LogP contribution >= 0.6 is 0 Å². The largest absolute Gasteiger partial charge is 0.478 e. The third-order valence-corrected chi connectivity index (χ3v) is 3.31. The van der Waals surface area contributed by atoms with Crippen molar-refractivity contribution < 1.29 is 19.4 Å². The zero-order valence-electron chi connectivity index (χ0n) is 11.7. The predicted octanol–water partition coefficient (Wildman–Crippen LogP) is 3.17. The van der Waals surface area contributed by atoms with E-state index in [9.17, 15) is 4.79 Å². The topological polar surface area (TPSA) is 55.8 Å². The van der Waals surface area contributed by atoms with Crippen LogP contribution in [0.15, 0.2) is 35.9 Å². The van der Waals surface area contributed by atoms with E-state index in [0.717, 1.165) is 37.2 Å². The second-order valence-electron chi connectivity index (χ2n) is 4.95. The first kappa shape index (κ1) is 14.6. The van der Waals surface area contributed by atoms with Crippen LogP contribution in [0.3, 0.4) is 0 Å². The molecule has 1 fully saturated rings. The van der Waals surface area contributed by atoms with E-state index in [1.54, 1.807) is 13.0 Å². The Morgan fingerprint density at radius 1 is 1.40 bits per heavy atom. The number of benzene rings is 1. The first-order valence-corrected chi connectivity index (χ1v) is 6.92. The Labute approximate surface area is 119 Å². The van der Waals surface area contributed by atoms with Gasteiger partial charge in [-0.15, -0.1) is 0 Å². The molecule has 1 aliphatic rings. The van der Waals surface area contributed by atoms with E-state index in [1.165, 1.54) is 0 Å². The Morgan fingerprint density at radius 3 is 2.75 bits per heavy atom. The van der Waals surface area contributed by atoms with Crippen LogP contribution in [-0.4, -0.2) is 24.0 Å². The van der Waals surface area contributed by atoms with E-state index < -0.39 is 5.97 Å². The number of allylic oxidation sites excluding steroid dienone is 1. The summed E-state index contributed by atoms with van der Waals surface area (Å²) in [6.07, 6.45) is 5.36. The Hall–Kier alpha value is -1.81. The highest BCUT2D eigenvalue weighted by molar-refractivity contribution is 5.85. The zero-order chi connectivity index (χ0) is 14.4. The fraction of sp³-hybridized carbons (Fsp3) is 0.438. The smallest absolute Gasteiger partial charge is 0.330 e. The van der Waals surface area contributed by atoms with Crippen molar-refractivity contribution in [3.63, 3.8) is 0 Å². The number of rotatable bonds is 5. The van der Waals surface area contributed by atoms with Gasteiger partial charge in [-0.1, -0.05) is 18.2 Å². The molecule has 2 rings (SSSR count). The summed E-state index contributed by atoms with van der Waals surface area (Å²) < 4.78 is 11.3. The van der Waals surface area contributed by atoms with Gasteiger partial charge in [0.25, 0.3) is 0 Å². The van der Waals surface area contributed by atoms with Gasteiger partial charge >= 0.3 is 5.97 Å². The molecule has 1 heterocycles. The monoisotopic (exact) mass is 276 g/mol. The lowest BCUT2D eigenvalue weighted by Crippen LogP contribution is -2.24. The van der Waals surface area contributed by atoms with E-state index in [1.807, 2.05) is 24.3 Å². The van der Waals surface area contributed by atoms with Crippen molar-refractivity contribution in [3.05, 3.63) is 41.5 Å². The number of carboxylic acid groups (broad SMARTS) is 1. The molecule has 0 amide bonds. The molecule has 1 aromatic rings. The maximum atomic E-state index is 10.7. The van der Waals surface area contributed by atoms with Gasteiger partial charge in [-0.3, -0.25) is 0 Å². The van der Waals surface area contributed by atoms with Gasteiger partial charge in [-0.2, -0.15) is 0 Å². The van der Waals surface area contributed by atoms with Crippen LogP contribution in [0.1, 0.15) is 31.7 Å². The van der Waals surface area contributed by atoms with E-state index >= 15 is 0 Å². The molecule has 1 saturated heterocycles. The highest BCUT2D eigenvalue weighted by Crippen LogP contribution is 2.20. The molecule has 1 unspecified atom stereocenters. The molecule has 1 atom stereocenters.